The third-order valence-corrected chi connectivity index (χ3v) is 4.92. The van der Waals surface area contributed by atoms with Gasteiger partial charge in [0.1, 0.15) is 0 Å². The summed E-state index contributed by atoms with van der Waals surface area (Å²) in [6, 6.07) is 20.6. The first-order valence-electron chi connectivity index (χ1n) is 10.4. The number of halogens is 1. The fraction of sp³-hybridized carbons (Fsp3) is 0.0800. The molecule has 3 rings (SSSR count). The fourth-order valence-corrected chi connectivity index (χ4v) is 3.00. The standard InChI is InChI=1S/C25H19ClN2O8/c26-18-13-11-15(12-14-18)21(29)27-28-22(30)19(35-24(33)16-7-3-1-4-8-16)20(23(31)32)36-25(34)17-9-5-2-6-10-17/h1-14,19-20H,(H,27,29)(H,28,30)(H,31,32)/t19-,20+/m1/s1. The second-order valence-electron chi connectivity index (χ2n) is 7.17. The first kappa shape index (κ1) is 25.9. The van der Waals surface area contributed by atoms with Gasteiger partial charge in [0.2, 0.25) is 12.2 Å². The van der Waals surface area contributed by atoms with Crippen LogP contribution in [0.4, 0.5) is 0 Å². The van der Waals surface area contributed by atoms with E-state index in [1.54, 1.807) is 12.1 Å². The Labute approximate surface area is 209 Å². The van der Waals surface area contributed by atoms with Crippen molar-refractivity contribution in [2.45, 2.75) is 12.2 Å². The summed E-state index contributed by atoms with van der Waals surface area (Å²) in [5.41, 5.74) is 4.23. The van der Waals surface area contributed by atoms with E-state index in [4.69, 9.17) is 21.1 Å². The Hall–Kier alpha value is -4.70. The number of carbonyl (C=O) groups is 5. The molecule has 0 fully saturated rings. The molecular weight excluding hydrogens is 492 g/mol. The SMILES string of the molecule is O=C(NNC(=O)[C@H](OC(=O)c1ccccc1)[C@H](OC(=O)c1ccccc1)C(=O)O)c1ccc(Cl)cc1. The van der Waals surface area contributed by atoms with Crippen molar-refractivity contribution in [2.24, 2.45) is 0 Å². The molecule has 3 N–H and O–H groups in total. The molecule has 3 aromatic carbocycles. The van der Waals surface area contributed by atoms with Crippen molar-refractivity contribution in [3.05, 3.63) is 107 Å². The Morgan fingerprint density at radius 1 is 0.639 bits per heavy atom. The molecule has 0 heterocycles. The Kier molecular flexibility index (Phi) is 8.73. The lowest BCUT2D eigenvalue weighted by atomic mass is 10.1. The van der Waals surface area contributed by atoms with Crippen LogP contribution in [0.1, 0.15) is 31.1 Å². The number of rotatable bonds is 8. The maximum atomic E-state index is 12.9. The molecular formula is C25H19ClN2O8. The normalized spacial score (nSPS) is 11.9. The lowest BCUT2D eigenvalue weighted by Crippen LogP contribution is -2.54. The van der Waals surface area contributed by atoms with E-state index in [1.165, 1.54) is 72.8 Å². The minimum Gasteiger partial charge on any atom is -0.478 e. The Morgan fingerprint density at radius 2 is 1.11 bits per heavy atom. The predicted molar refractivity (Wildman–Crippen MR) is 126 cm³/mol. The van der Waals surface area contributed by atoms with Gasteiger partial charge in [-0.2, -0.15) is 0 Å². The molecule has 184 valence electrons. The van der Waals surface area contributed by atoms with Crippen LogP contribution < -0.4 is 10.9 Å². The molecule has 0 radical (unpaired) electrons. The molecule has 0 aromatic heterocycles. The third-order valence-electron chi connectivity index (χ3n) is 4.67. The number of ether oxygens (including phenoxy) is 2. The van der Waals surface area contributed by atoms with Crippen molar-refractivity contribution in [1.82, 2.24) is 10.9 Å². The summed E-state index contributed by atoms with van der Waals surface area (Å²) < 4.78 is 10.2. The summed E-state index contributed by atoms with van der Waals surface area (Å²) in [5.74, 6) is -5.90. The number of amides is 2. The number of hydrazine groups is 1. The lowest BCUT2D eigenvalue weighted by molar-refractivity contribution is -0.159. The zero-order chi connectivity index (χ0) is 26.1. The van der Waals surface area contributed by atoms with Crippen LogP contribution in [0.5, 0.6) is 0 Å². The van der Waals surface area contributed by atoms with Crippen LogP contribution in [-0.2, 0) is 19.1 Å². The monoisotopic (exact) mass is 510 g/mol. The van der Waals surface area contributed by atoms with Crippen LogP contribution in [-0.4, -0.2) is 47.0 Å². The van der Waals surface area contributed by atoms with Gasteiger partial charge in [-0.1, -0.05) is 48.0 Å². The van der Waals surface area contributed by atoms with Crippen LogP contribution in [0, 0.1) is 0 Å². The minimum absolute atomic E-state index is 0.00772. The van der Waals surface area contributed by atoms with Crippen molar-refractivity contribution >= 4 is 41.3 Å². The van der Waals surface area contributed by atoms with E-state index < -0.39 is 41.9 Å². The maximum absolute atomic E-state index is 12.9. The number of carboxylic acid groups (broad SMARTS) is 1. The van der Waals surface area contributed by atoms with E-state index in [0.29, 0.717) is 5.02 Å². The first-order valence-corrected chi connectivity index (χ1v) is 10.7. The number of hydrogen-bond acceptors (Lipinski definition) is 7. The van der Waals surface area contributed by atoms with Gasteiger partial charge < -0.3 is 14.6 Å². The second-order valence-corrected chi connectivity index (χ2v) is 7.61. The van der Waals surface area contributed by atoms with Gasteiger partial charge in [-0.3, -0.25) is 20.4 Å². The first-order chi connectivity index (χ1) is 17.3. The minimum atomic E-state index is -2.24. The highest BCUT2D eigenvalue weighted by atomic mass is 35.5. The Morgan fingerprint density at radius 3 is 1.58 bits per heavy atom. The molecule has 11 heteroatoms. The summed E-state index contributed by atoms with van der Waals surface area (Å²) in [6.07, 6.45) is -4.40. The van der Waals surface area contributed by atoms with Gasteiger partial charge >= 0.3 is 17.9 Å². The van der Waals surface area contributed by atoms with Crippen molar-refractivity contribution in [3.8, 4) is 0 Å². The average molecular weight is 511 g/mol. The highest BCUT2D eigenvalue weighted by Crippen LogP contribution is 2.14. The molecule has 0 aliphatic carbocycles. The third kappa shape index (κ3) is 6.90. The molecule has 10 nitrogen and oxygen atoms in total. The molecule has 0 bridgehead atoms. The molecule has 2 amide bonds. The summed E-state index contributed by atoms with van der Waals surface area (Å²) in [4.78, 5) is 62.3. The fourth-order valence-electron chi connectivity index (χ4n) is 2.87. The zero-order valence-corrected chi connectivity index (χ0v) is 19.2. The molecule has 0 spiro atoms. The summed E-state index contributed by atoms with van der Waals surface area (Å²) >= 11 is 5.79. The number of aliphatic carboxylic acids is 1. The van der Waals surface area contributed by atoms with Crippen LogP contribution in [0.2, 0.25) is 5.02 Å². The average Bonchev–Trinajstić information content (AvgIpc) is 2.90. The number of nitrogens with one attached hydrogen (secondary N) is 2. The molecule has 0 aliphatic heterocycles. The molecule has 2 atom stereocenters. The van der Waals surface area contributed by atoms with Crippen LogP contribution in [0.25, 0.3) is 0 Å². The highest BCUT2D eigenvalue weighted by molar-refractivity contribution is 6.30. The highest BCUT2D eigenvalue weighted by Gasteiger charge is 2.41. The van der Waals surface area contributed by atoms with Crippen molar-refractivity contribution in [2.75, 3.05) is 0 Å². The van der Waals surface area contributed by atoms with E-state index in [-0.39, 0.29) is 16.7 Å². The molecule has 0 unspecified atom stereocenters. The van der Waals surface area contributed by atoms with E-state index in [1.807, 2.05) is 5.43 Å². The molecule has 3 aromatic rings. The van der Waals surface area contributed by atoms with Crippen LogP contribution >= 0.6 is 11.6 Å². The number of esters is 2. The number of carboxylic acids is 1. The van der Waals surface area contributed by atoms with E-state index in [2.05, 4.69) is 5.43 Å². The van der Waals surface area contributed by atoms with Crippen LogP contribution in [0.15, 0.2) is 84.9 Å². The topological polar surface area (TPSA) is 148 Å². The van der Waals surface area contributed by atoms with Gasteiger partial charge in [0, 0.05) is 10.6 Å². The van der Waals surface area contributed by atoms with Gasteiger partial charge in [-0.25, -0.2) is 14.4 Å². The summed E-state index contributed by atoms with van der Waals surface area (Å²) in [5, 5.41) is 10.1. The predicted octanol–water partition coefficient (Wildman–Crippen LogP) is 2.64. The molecule has 0 aliphatic rings. The van der Waals surface area contributed by atoms with Gasteiger partial charge in [0.05, 0.1) is 11.1 Å². The second kappa shape index (κ2) is 12.1. The van der Waals surface area contributed by atoms with E-state index >= 15 is 0 Å². The van der Waals surface area contributed by atoms with Crippen molar-refractivity contribution in [3.63, 3.8) is 0 Å². The van der Waals surface area contributed by atoms with Gasteiger partial charge in [0.25, 0.3) is 11.8 Å². The number of carbonyl (C=O) groups excluding carboxylic acids is 4. The van der Waals surface area contributed by atoms with Crippen LogP contribution in [0.3, 0.4) is 0 Å². The van der Waals surface area contributed by atoms with E-state index in [9.17, 15) is 29.1 Å². The Bertz CT molecular complexity index is 1250. The van der Waals surface area contributed by atoms with E-state index in [0.717, 1.165) is 0 Å². The van der Waals surface area contributed by atoms with Crippen molar-refractivity contribution < 1.29 is 38.6 Å². The molecule has 0 saturated heterocycles. The molecule has 36 heavy (non-hydrogen) atoms. The van der Waals surface area contributed by atoms with Gasteiger partial charge in [-0.05, 0) is 48.5 Å². The summed E-state index contributed by atoms with van der Waals surface area (Å²) in [7, 11) is 0. The zero-order valence-electron chi connectivity index (χ0n) is 18.4. The quantitative estimate of drug-likeness (QED) is 0.309. The lowest BCUT2D eigenvalue weighted by Gasteiger charge is -2.23. The van der Waals surface area contributed by atoms with Gasteiger partial charge in [-0.15, -0.1) is 0 Å². The van der Waals surface area contributed by atoms with Gasteiger partial charge in [0.15, 0.2) is 0 Å². The Balaban J connectivity index is 1.82. The maximum Gasteiger partial charge on any atom is 0.349 e. The number of hydrogen-bond donors (Lipinski definition) is 3. The summed E-state index contributed by atoms with van der Waals surface area (Å²) in [6.45, 7) is 0. The molecule has 0 saturated carbocycles. The largest absolute Gasteiger partial charge is 0.478 e. The van der Waals surface area contributed by atoms with Crippen molar-refractivity contribution in [1.29, 1.82) is 0 Å². The number of benzene rings is 3. The smallest absolute Gasteiger partial charge is 0.349 e.